The molecule has 2 atom stereocenters. The highest BCUT2D eigenvalue weighted by Gasteiger charge is 2.47. The second-order valence-electron chi connectivity index (χ2n) is 7.90. The van der Waals surface area contributed by atoms with Crippen LogP contribution in [0.3, 0.4) is 0 Å². The molecule has 140 valence electrons. The highest BCUT2D eigenvalue weighted by atomic mass is 28.4. The van der Waals surface area contributed by atoms with Gasteiger partial charge >= 0.3 is 5.97 Å². The first-order valence-corrected chi connectivity index (χ1v) is 11.2. The lowest BCUT2D eigenvalue weighted by molar-refractivity contribution is -0.147. The molecular formula is C16H32N2O5Si. The molecule has 0 bridgehead atoms. The summed E-state index contributed by atoms with van der Waals surface area (Å²) in [6.45, 7) is 16.5. The summed E-state index contributed by atoms with van der Waals surface area (Å²) < 4.78 is 23.0. The summed E-state index contributed by atoms with van der Waals surface area (Å²) in [5, 5.41) is 3.62. The van der Waals surface area contributed by atoms with Gasteiger partial charge in [-0.05, 0) is 38.9 Å². The van der Waals surface area contributed by atoms with E-state index in [4.69, 9.17) is 24.5 Å². The number of nitrogens with two attached hydrogens (primary N) is 1. The quantitative estimate of drug-likeness (QED) is 0.257. The largest absolute Gasteiger partial charge is 0.461 e. The summed E-state index contributed by atoms with van der Waals surface area (Å²) in [6, 6.07) is 0. The van der Waals surface area contributed by atoms with Gasteiger partial charge in [-0.2, -0.15) is 5.10 Å². The Labute approximate surface area is 146 Å². The van der Waals surface area contributed by atoms with Gasteiger partial charge in [-0.25, -0.2) is 4.79 Å². The highest BCUT2D eigenvalue weighted by Crippen LogP contribution is 2.39. The molecule has 24 heavy (non-hydrogen) atoms. The molecule has 2 N–H and O–H groups in total. The van der Waals surface area contributed by atoms with Gasteiger partial charge in [-0.15, -0.1) is 0 Å². The van der Waals surface area contributed by atoms with Gasteiger partial charge in [0.15, 0.2) is 19.8 Å². The number of carbonyl (C=O) groups excluding carboxylic acids is 1. The van der Waals surface area contributed by atoms with E-state index in [1.807, 2.05) is 13.8 Å². The zero-order chi connectivity index (χ0) is 18.8. The van der Waals surface area contributed by atoms with Crippen molar-refractivity contribution in [2.45, 2.75) is 77.7 Å². The van der Waals surface area contributed by atoms with E-state index in [0.29, 0.717) is 6.61 Å². The van der Waals surface area contributed by atoms with Gasteiger partial charge in [0.25, 0.3) is 0 Å². The first-order chi connectivity index (χ1) is 10.8. The van der Waals surface area contributed by atoms with Crippen molar-refractivity contribution < 1.29 is 23.4 Å². The Morgan fingerprint density at radius 3 is 2.38 bits per heavy atom. The molecule has 1 heterocycles. The molecule has 1 aliphatic rings. The smallest absolute Gasteiger partial charge is 0.357 e. The fourth-order valence-corrected chi connectivity index (χ4v) is 3.37. The topological polar surface area (TPSA) is 92.4 Å². The molecule has 0 aromatic rings. The van der Waals surface area contributed by atoms with Gasteiger partial charge in [0, 0.05) is 0 Å². The Balaban J connectivity index is 3.15. The average Bonchev–Trinajstić information content (AvgIpc) is 2.77. The van der Waals surface area contributed by atoms with Crippen LogP contribution in [0.1, 0.15) is 41.5 Å². The van der Waals surface area contributed by atoms with E-state index in [-0.39, 0.29) is 17.4 Å². The second kappa shape index (κ2) is 7.51. The van der Waals surface area contributed by atoms with Gasteiger partial charge in [0.05, 0.1) is 13.2 Å². The van der Waals surface area contributed by atoms with E-state index in [2.05, 4.69) is 39.0 Å². The highest BCUT2D eigenvalue weighted by molar-refractivity contribution is 6.74. The summed E-state index contributed by atoms with van der Waals surface area (Å²) in [5.74, 6) is 4.17. The maximum atomic E-state index is 12.3. The zero-order valence-corrected chi connectivity index (χ0v) is 17.1. The number of hydrogen-bond acceptors (Lipinski definition) is 7. The fourth-order valence-electron chi connectivity index (χ4n) is 2.11. The van der Waals surface area contributed by atoms with E-state index in [0.717, 1.165) is 0 Å². The van der Waals surface area contributed by atoms with Crippen LogP contribution in [-0.2, 0) is 23.4 Å². The third-order valence-electron chi connectivity index (χ3n) is 4.49. The lowest BCUT2D eigenvalue weighted by Gasteiger charge is -2.40. The molecule has 0 saturated carbocycles. The maximum absolute atomic E-state index is 12.3. The second-order valence-corrected chi connectivity index (χ2v) is 12.7. The zero-order valence-electron chi connectivity index (χ0n) is 16.1. The van der Waals surface area contributed by atoms with Crippen LogP contribution < -0.4 is 5.84 Å². The molecular weight excluding hydrogens is 328 g/mol. The Morgan fingerprint density at radius 1 is 1.42 bits per heavy atom. The Morgan fingerprint density at radius 2 is 2.00 bits per heavy atom. The van der Waals surface area contributed by atoms with Crippen molar-refractivity contribution in [1.29, 1.82) is 0 Å². The number of carbonyl (C=O) groups is 1. The lowest BCUT2D eigenvalue weighted by Crippen LogP contribution is -2.52. The van der Waals surface area contributed by atoms with Crippen molar-refractivity contribution in [2.24, 2.45) is 10.9 Å². The average molecular weight is 361 g/mol. The van der Waals surface area contributed by atoms with Crippen molar-refractivity contribution in [3.8, 4) is 0 Å². The number of nitrogens with zero attached hydrogens (tertiary/aromatic N) is 1. The van der Waals surface area contributed by atoms with E-state index < -0.39 is 32.3 Å². The van der Waals surface area contributed by atoms with Crippen LogP contribution in [0, 0.1) is 0 Å². The Hall–Kier alpha value is -0.963. The van der Waals surface area contributed by atoms with Crippen molar-refractivity contribution in [3.63, 3.8) is 0 Å². The summed E-state index contributed by atoms with van der Waals surface area (Å²) >= 11 is 0. The van der Waals surface area contributed by atoms with E-state index in [1.165, 1.54) is 0 Å². The molecule has 1 fully saturated rings. The van der Waals surface area contributed by atoms with Crippen LogP contribution in [0.4, 0.5) is 0 Å². The van der Waals surface area contributed by atoms with Crippen LogP contribution in [0.2, 0.25) is 18.1 Å². The summed E-state index contributed by atoms with van der Waals surface area (Å²) in [7, 11) is -2.21. The molecule has 0 radical (unpaired) electrons. The molecule has 7 nitrogen and oxygen atoms in total. The molecule has 8 heteroatoms. The number of hydrogen-bond donors (Lipinski definition) is 1. The van der Waals surface area contributed by atoms with E-state index >= 15 is 0 Å². The number of esters is 1. The molecule has 1 rings (SSSR count). The van der Waals surface area contributed by atoms with Crippen LogP contribution in [0.5, 0.6) is 0 Å². The van der Waals surface area contributed by atoms with Gasteiger partial charge in [0.2, 0.25) is 0 Å². The summed E-state index contributed by atoms with van der Waals surface area (Å²) in [5.41, 5.74) is 0.0352. The summed E-state index contributed by atoms with van der Waals surface area (Å²) in [6.07, 6.45) is -1.20. The van der Waals surface area contributed by atoms with Crippen LogP contribution in [-0.4, -0.2) is 51.2 Å². The minimum absolute atomic E-state index is 0.0352. The molecule has 0 spiro atoms. The predicted octanol–water partition coefficient (Wildman–Crippen LogP) is 2.41. The van der Waals surface area contributed by atoms with E-state index in [9.17, 15) is 4.79 Å². The van der Waals surface area contributed by atoms with Gasteiger partial charge < -0.3 is 24.5 Å². The molecule has 0 aromatic carbocycles. The number of rotatable bonds is 6. The van der Waals surface area contributed by atoms with Crippen LogP contribution >= 0.6 is 0 Å². The minimum atomic E-state index is -2.21. The third kappa shape index (κ3) is 5.02. The van der Waals surface area contributed by atoms with Gasteiger partial charge in [-0.1, -0.05) is 20.8 Å². The molecule has 1 aliphatic heterocycles. The first kappa shape index (κ1) is 21.1. The number of ether oxygens (including phenoxy) is 3. The van der Waals surface area contributed by atoms with Crippen molar-refractivity contribution in [1.82, 2.24) is 0 Å². The summed E-state index contributed by atoms with van der Waals surface area (Å²) in [4.78, 5) is 12.3. The first-order valence-electron chi connectivity index (χ1n) is 8.29. The van der Waals surface area contributed by atoms with Crippen molar-refractivity contribution >= 4 is 20.0 Å². The normalized spacial score (nSPS) is 23.2. The van der Waals surface area contributed by atoms with E-state index in [1.54, 1.807) is 6.92 Å². The molecule has 0 unspecified atom stereocenters. The van der Waals surface area contributed by atoms with Gasteiger partial charge in [-0.3, -0.25) is 0 Å². The Kier molecular flexibility index (Phi) is 6.60. The van der Waals surface area contributed by atoms with Crippen molar-refractivity contribution in [2.75, 3.05) is 13.2 Å². The third-order valence-corrected chi connectivity index (χ3v) is 8.94. The molecule has 0 amide bonds. The predicted molar refractivity (Wildman–Crippen MR) is 95.2 cm³/mol. The molecule has 0 aliphatic carbocycles. The monoisotopic (exact) mass is 360 g/mol. The minimum Gasteiger partial charge on any atom is -0.461 e. The SMILES string of the molecule is CCOC(=O)C(=NN)[C@H](O[Si](C)(C)C(C)(C)C)[C@H]1COC(C)(C)O1. The van der Waals surface area contributed by atoms with Gasteiger partial charge in [0.1, 0.15) is 12.2 Å². The van der Waals surface area contributed by atoms with Crippen LogP contribution in [0.15, 0.2) is 5.10 Å². The molecule has 0 aromatic heterocycles. The van der Waals surface area contributed by atoms with Crippen LogP contribution in [0.25, 0.3) is 0 Å². The number of hydrazone groups is 1. The maximum Gasteiger partial charge on any atom is 0.357 e. The standard InChI is InChI=1S/C16H32N2O5Si/c1-9-20-14(19)12(18-17)13(11-10-21-16(5,6)22-11)23-24(7,8)15(2,3)4/h11,13H,9-10,17H2,1-8H3/t11-,13-/m1/s1. The van der Waals surface area contributed by atoms with Crippen molar-refractivity contribution in [3.05, 3.63) is 0 Å². The fraction of sp³-hybridized carbons (Fsp3) is 0.875. The molecule has 1 saturated heterocycles. The Bertz CT molecular complexity index is 485. The lowest BCUT2D eigenvalue weighted by atomic mass is 10.1.